The van der Waals surface area contributed by atoms with Gasteiger partial charge in [-0.2, -0.15) is 0 Å². The largest absolute Gasteiger partial charge is 0.303 e. The maximum atomic E-state index is 12.9. The second-order valence-corrected chi connectivity index (χ2v) is 5.18. The van der Waals surface area contributed by atoms with Gasteiger partial charge in [0.2, 0.25) is 0 Å². The summed E-state index contributed by atoms with van der Waals surface area (Å²) in [6, 6.07) is 19.7. The molecule has 0 spiro atoms. The zero-order valence-corrected chi connectivity index (χ0v) is 12.8. The molecule has 0 aromatic heterocycles. The third-order valence-electron chi connectivity index (χ3n) is 3.91. The van der Waals surface area contributed by atoms with E-state index in [4.69, 9.17) is 0 Å². The molecule has 0 bridgehead atoms. The van der Waals surface area contributed by atoms with Crippen LogP contribution < -0.4 is 0 Å². The molecule has 0 N–H and O–H groups in total. The van der Waals surface area contributed by atoms with E-state index in [0.29, 0.717) is 0 Å². The molecule has 0 aliphatic heterocycles. The lowest BCUT2D eigenvalue weighted by molar-refractivity contribution is 0.0936. The maximum Gasteiger partial charge on any atom is 0.171 e. The van der Waals surface area contributed by atoms with Crippen LogP contribution in [0.2, 0.25) is 0 Å². The van der Waals surface area contributed by atoms with Crippen LogP contribution in [0.1, 0.15) is 35.7 Å². The van der Waals surface area contributed by atoms with E-state index in [9.17, 15) is 4.79 Å². The Bertz CT molecular complexity index is 546. The first kappa shape index (κ1) is 15.5. The highest BCUT2D eigenvalue weighted by Gasteiger charge is 2.23. The fourth-order valence-corrected chi connectivity index (χ4v) is 2.57. The number of Topliss-reactive ketones (excluding diaryl/α,β-unsaturated/α-hetero) is 1. The van der Waals surface area contributed by atoms with Gasteiger partial charge in [-0.05, 0) is 18.7 Å². The van der Waals surface area contributed by atoms with E-state index in [1.807, 2.05) is 48.5 Å². The summed E-state index contributed by atoms with van der Waals surface area (Å²) in [5, 5.41) is 0. The minimum absolute atomic E-state index is 0.103. The van der Waals surface area contributed by atoms with Gasteiger partial charge in [-0.3, -0.25) is 4.79 Å². The van der Waals surface area contributed by atoms with Gasteiger partial charge < -0.3 is 4.90 Å². The van der Waals surface area contributed by atoms with Gasteiger partial charge in [0.1, 0.15) is 0 Å². The van der Waals surface area contributed by atoms with Gasteiger partial charge in [0.25, 0.3) is 0 Å². The normalized spacial score (nSPS) is 12.3. The quantitative estimate of drug-likeness (QED) is 0.715. The van der Waals surface area contributed by atoms with Crippen molar-refractivity contribution in [2.45, 2.75) is 19.8 Å². The van der Waals surface area contributed by atoms with Crippen molar-refractivity contribution >= 4 is 5.78 Å². The molecule has 2 aromatic carbocycles. The Kier molecular flexibility index (Phi) is 5.70. The van der Waals surface area contributed by atoms with E-state index in [1.54, 1.807) is 0 Å². The summed E-state index contributed by atoms with van der Waals surface area (Å²) in [5.41, 5.74) is 1.89. The molecule has 0 heterocycles. The smallest absolute Gasteiger partial charge is 0.171 e. The summed E-state index contributed by atoms with van der Waals surface area (Å²) in [5.74, 6) is 0.0993. The second-order valence-electron chi connectivity index (χ2n) is 5.18. The number of benzene rings is 2. The van der Waals surface area contributed by atoms with Crippen molar-refractivity contribution in [1.82, 2.24) is 4.90 Å². The van der Waals surface area contributed by atoms with Crippen LogP contribution in [0.15, 0.2) is 60.7 Å². The van der Waals surface area contributed by atoms with Gasteiger partial charge in [-0.25, -0.2) is 0 Å². The van der Waals surface area contributed by atoms with Crippen molar-refractivity contribution < 1.29 is 4.79 Å². The van der Waals surface area contributed by atoms with E-state index < -0.39 is 0 Å². The molecule has 1 unspecified atom stereocenters. The molecule has 0 saturated carbocycles. The molecule has 0 amide bonds. The van der Waals surface area contributed by atoms with Crippen molar-refractivity contribution in [3.63, 3.8) is 0 Å². The van der Waals surface area contributed by atoms with Crippen LogP contribution in [0.3, 0.4) is 0 Å². The van der Waals surface area contributed by atoms with E-state index in [0.717, 1.165) is 30.8 Å². The summed E-state index contributed by atoms with van der Waals surface area (Å²) in [4.78, 5) is 15.2. The molecule has 0 radical (unpaired) electrons. The molecular formula is C19H23NO. The molecule has 2 heteroatoms. The lowest BCUT2D eigenvalue weighted by Crippen LogP contribution is -2.32. The number of rotatable bonds is 7. The van der Waals surface area contributed by atoms with E-state index >= 15 is 0 Å². The highest BCUT2D eigenvalue weighted by atomic mass is 16.1. The van der Waals surface area contributed by atoms with Gasteiger partial charge in [0.05, 0.1) is 5.92 Å². The Balaban J connectivity index is 2.30. The zero-order valence-electron chi connectivity index (χ0n) is 12.8. The molecule has 0 aliphatic carbocycles. The molecule has 0 saturated heterocycles. The molecule has 0 fully saturated rings. The topological polar surface area (TPSA) is 20.3 Å². The van der Waals surface area contributed by atoms with Crippen molar-refractivity contribution in [3.8, 4) is 0 Å². The van der Waals surface area contributed by atoms with Crippen LogP contribution in [0.25, 0.3) is 0 Å². The Hall–Kier alpha value is -1.93. The molecule has 2 rings (SSSR count). The molecular weight excluding hydrogens is 258 g/mol. The second kappa shape index (κ2) is 7.75. The molecule has 2 aromatic rings. The number of ketones is 1. The predicted octanol–water partition coefficient (Wildman–Crippen LogP) is 3.99. The molecule has 0 aliphatic rings. The summed E-state index contributed by atoms with van der Waals surface area (Å²) in [7, 11) is 0. The molecule has 2 nitrogen and oxygen atoms in total. The zero-order chi connectivity index (χ0) is 15.1. The molecule has 110 valence electrons. The van der Waals surface area contributed by atoms with Gasteiger partial charge in [0, 0.05) is 12.1 Å². The third-order valence-corrected chi connectivity index (χ3v) is 3.91. The van der Waals surface area contributed by atoms with Crippen LogP contribution in [-0.4, -0.2) is 30.3 Å². The van der Waals surface area contributed by atoms with Crippen LogP contribution in [0.5, 0.6) is 0 Å². The van der Waals surface area contributed by atoms with Crippen LogP contribution in [0.4, 0.5) is 0 Å². The monoisotopic (exact) mass is 281 g/mol. The Morgan fingerprint density at radius 2 is 1.43 bits per heavy atom. The number of nitrogens with zero attached hydrogens (tertiary/aromatic N) is 1. The van der Waals surface area contributed by atoms with Crippen molar-refractivity contribution in [3.05, 3.63) is 71.8 Å². The highest BCUT2D eigenvalue weighted by Crippen LogP contribution is 2.22. The standard InChI is InChI=1S/C19H23NO/c1-3-20(4-2)15-18(16-11-7-5-8-12-16)19(21)17-13-9-6-10-14-17/h5-14,18H,3-4,15H2,1-2H3. The lowest BCUT2D eigenvalue weighted by atomic mass is 9.90. The fraction of sp³-hybridized carbons (Fsp3) is 0.316. The van der Waals surface area contributed by atoms with Gasteiger partial charge in [0.15, 0.2) is 5.78 Å². The van der Waals surface area contributed by atoms with E-state index in [2.05, 4.69) is 30.9 Å². The van der Waals surface area contributed by atoms with Crippen LogP contribution in [0, 0.1) is 0 Å². The third kappa shape index (κ3) is 4.02. The number of likely N-dealkylation sites (N-methyl/N-ethyl adjacent to an activating group) is 1. The highest BCUT2D eigenvalue weighted by molar-refractivity contribution is 6.01. The summed E-state index contributed by atoms with van der Waals surface area (Å²) in [6.45, 7) is 6.96. The van der Waals surface area contributed by atoms with Gasteiger partial charge in [-0.15, -0.1) is 0 Å². The Morgan fingerprint density at radius 1 is 0.905 bits per heavy atom. The van der Waals surface area contributed by atoms with E-state index in [-0.39, 0.29) is 11.7 Å². The fourth-order valence-electron chi connectivity index (χ4n) is 2.57. The minimum Gasteiger partial charge on any atom is -0.303 e. The van der Waals surface area contributed by atoms with Crippen molar-refractivity contribution in [2.24, 2.45) is 0 Å². The summed E-state index contributed by atoms with van der Waals surface area (Å²) < 4.78 is 0. The number of carbonyl (C=O) groups excluding carboxylic acids is 1. The Morgan fingerprint density at radius 3 is 1.95 bits per heavy atom. The van der Waals surface area contributed by atoms with Crippen LogP contribution in [-0.2, 0) is 0 Å². The number of hydrogen-bond donors (Lipinski definition) is 0. The maximum absolute atomic E-state index is 12.9. The van der Waals surface area contributed by atoms with Crippen LogP contribution >= 0.6 is 0 Å². The summed E-state index contributed by atoms with van der Waals surface area (Å²) >= 11 is 0. The van der Waals surface area contributed by atoms with Gasteiger partial charge in [-0.1, -0.05) is 74.5 Å². The molecule has 1 atom stereocenters. The first-order chi connectivity index (χ1) is 10.3. The van der Waals surface area contributed by atoms with E-state index in [1.165, 1.54) is 0 Å². The minimum atomic E-state index is -0.103. The van der Waals surface area contributed by atoms with Gasteiger partial charge >= 0.3 is 0 Å². The summed E-state index contributed by atoms with van der Waals surface area (Å²) in [6.07, 6.45) is 0. The lowest BCUT2D eigenvalue weighted by Gasteiger charge is -2.25. The first-order valence-electron chi connectivity index (χ1n) is 7.62. The number of hydrogen-bond acceptors (Lipinski definition) is 2. The predicted molar refractivity (Wildman–Crippen MR) is 87.7 cm³/mol. The number of carbonyl (C=O) groups is 1. The first-order valence-corrected chi connectivity index (χ1v) is 7.62. The molecule has 21 heavy (non-hydrogen) atoms. The van der Waals surface area contributed by atoms with Crippen molar-refractivity contribution in [1.29, 1.82) is 0 Å². The van der Waals surface area contributed by atoms with Crippen molar-refractivity contribution in [2.75, 3.05) is 19.6 Å². The SMILES string of the molecule is CCN(CC)CC(C(=O)c1ccccc1)c1ccccc1. The average molecular weight is 281 g/mol. The average Bonchev–Trinajstić information content (AvgIpc) is 2.57. The Labute approximate surface area is 127 Å².